The number of halogens is 1. The van der Waals surface area contributed by atoms with E-state index in [0.717, 1.165) is 36.5 Å². The maximum Gasteiger partial charge on any atom is 0.339 e. The molecule has 1 saturated heterocycles. The molecule has 1 aliphatic heterocycles. The molecule has 0 aromatic heterocycles. The van der Waals surface area contributed by atoms with Crippen LogP contribution in [-0.2, 0) is 6.54 Å². The Morgan fingerprint density at radius 1 is 1.15 bits per heavy atom. The van der Waals surface area contributed by atoms with Gasteiger partial charge in [0.15, 0.2) is 0 Å². The minimum absolute atomic E-state index is 0.0646. The molecule has 3 rings (SSSR count). The number of rotatable bonds is 4. The third-order valence-electron chi connectivity index (χ3n) is 5.04. The number of hydrazine groups is 1. The van der Waals surface area contributed by atoms with E-state index in [-0.39, 0.29) is 17.9 Å². The summed E-state index contributed by atoms with van der Waals surface area (Å²) < 4.78 is 13.2. The Morgan fingerprint density at radius 2 is 1.78 bits per heavy atom. The van der Waals surface area contributed by atoms with Crippen molar-refractivity contribution in [3.63, 3.8) is 0 Å². The average Bonchev–Trinajstić information content (AvgIpc) is 2.68. The number of nitrogens with two attached hydrogens (primary N) is 2. The van der Waals surface area contributed by atoms with Gasteiger partial charge in [0.05, 0.1) is 11.4 Å². The van der Waals surface area contributed by atoms with Crippen molar-refractivity contribution >= 4 is 17.4 Å². The fourth-order valence-corrected chi connectivity index (χ4v) is 3.39. The zero-order chi connectivity index (χ0) is 19.4. The molecule has 6 nitrogen and oxygen atoms in total. The Balaban J connectivity index is 1.84. The van der Waals surface area contributed by atoms with Crippen molar-refractivity contribution in [1.82, 2.24) is 9.80 Å². The van der Waals surface area contributed by atoms with Crippen LogP contribution >= 0.6 is 0 Å². The van der Waals surface area contributed by atoms with Gasteiger partial charge in [-0.25, -0.2) is 20.0 Å². The van der Waals surface area contributed by atoms with E-state index in [1.165, 1.54) is 12.1 Å². The number of nitrogen functional groups attached to an aromatic ring is 1. The smallest absolute Gasteiger partial charge is 0.339 e. The Hall–Kier alpha value is -2.64. The first-order chi connectivity index (χ1) is 13.0. The van der Waals surface area contributed by atoms with Crippen molar-refractivity contribution in [3.05, 3.63) is 59.9 Å². The minimum Gasteiger partial charge on any atom is -0.397 e. The van der Waals surface area contributed by atoms with Crippen molar-refractivity contribution in [2.24, 2.45) is 5.84 Å². The molecular weight excluding hydrogens is 345 g/mol. The second-order valence-corrected chi connectivity index (χ2v) is 7.00. The number of urea groups is 1. The van der Waals surface area contributed by atoms with Crippen molar-refractivity contribution in [3.8, 4) is 0 Å². The molecule has 144 valence electrons. The standard InChI is InChI=1S/C20H26FN5O/c1-24-12-10-17(11-13-24)25(14-15-6-8-16(21)9-7-15)20(27)26(23)19-5-3-2-4-18(19)22/h2-9,17H,10-14,22-23H2,1H3. The third kappa shape index (κ3) is 4.56. The highest BCUT2D eigenvalue weighted by molar-refractivity contribution is 5.94. The number of hydrogen-bond acceptors (Lipinski definition) is 4. The number of anilines is 2. The first-order valence-electron chi connectivity index (χ1n) is 9.08. The van der Waals surface area contributed by atoms with Crippen molar-refractivity contribution in [2.75, 3.05) is 30.9 Å². The van der Waals surface area contributed by atoms with E-state index < -0.39 is 0 Å². The maximum atomic E-state index is 13.2. The number of carbonyl (C=O) groups excluding carboxylic acids is 1. The van der Waals surface area contributed by atoms with Gasteiger partial charge < -0.3 is 15.5 Å². The monoisotopic (exact) mass is 371 g/mol. The predicted octanol–water partition coefficient (Wildman–Crippen LogP) is 2.80. The highest BCUT2D eigenvalue weighted by atomic mass is 19.1. The molecule has 0 spiro atoms. The van der Waals surface area contributed by atoms with Gasteiger partial charge in [0, 0.05) is 12.6 Å². The molecule has 1 fully saturated rings. The van der Waals surface area contributed by atoms with Crippen LogP contribution in [-0.4, -0.2) is 42.0 Å². The molecule has 2 aromatic carbocycles. The molecule has 0 bridgehead atoms. The van der Waals surface area contributed by atoms with Crippen LogP contribution in [0.15, 0.2) is 48.5 Å². The van der Waals surface area contributed by atoms with Gasteiger partial charge in [-0.3, -0.25) is 0 Å². The topological polar surface area (TPSA) is 78.8 Å². The quantitative estimate of drug-likeness (QED) is 0.375. The summed E-state index contributed by atoms with van der Waals surface area (Å²) in [6, 6.07) is 13.0. The van der Waals surface area contributed by atoms with E-state index in [0.29, 0.717) is 17.9 Å². The third-order valence-corrected chi connectivity index (χ3v) is 5.04. The fraction of sp³-hybridized carbons (Fsp3) is 0.350. The number of carbonyl (C=O) groups is 1. The van der Waals surface area contributed by atoms with Crippen LogP contribution in [0.3, 0.4) is 0 Å². The molecule has 7 heteroatoms. The highest BCUT2D eigenvalue weighted by Crippen LogP contribution is 2.25. The number of para-hydroxylation sites is 2. The summed E-state index contributed by atoms with van der Waals surface area (Å²) in [5.41, 5.74) is 7.76. The molecule has 1 heterocycles. The minimum atomic E-state index is -0.313. The predicted molar refractivity (Wildman–Crippen MR) is 105 cm³/mol. The molecule has 0 atom stereocenters. The number of hydrogen-bond donors (Lipinski definition) is 2. The molecule has 2 amide bonds. The Morgan fingerprint density at radius 3 is 2.41 bits per heavy atom. The Kier molecular flexibility index (Phi) is 5.93. The number of piperidine rings is 1. The van der Waals surface area contributed by atoms with Gasteiger partial charge in [0.1, 0.15) is 5.82 Å². The molecule has 1 aliphatic rings. The van der Waals surface area contributed by atoms with Crippen molar-refractivity contribution in [2.45, 2.75) is 25.4 Å². The molecule has 0 saturated carbocycles. The van der Waals surface area contributed by atoms with Crippen LogP contribution in [0.25, 0.3) is 0 Å². The number of amides is 2. The van der Waals surface area contributed by atoms with E-state index >= 15 is 0 Å². The van der Waals surface area contributed by atoms with Crippen LogP contribution in [0.2, 0.25) is 0 Å². The zero-order valence-corrected chi connectivity index (χ0v) is 15.5. The highest BCUT2D eigenvalue weighted by Gasteiger charge is 2.30. The number of benzene rings is 2. The van der Waals surface area contributed by atoms with Crippen LogP contribution in [0.4, 0.5) is 20.6 Å². The average molecular weight is 371 g/mol. The lowest BCUT2D eigenvalue weighted by Crippen LogP contribution is -2.53. The number of likely N-dealkylation sites (tertiary alicyclic amines) is 1. The van der Waals surface area contributed by atoms with Gasteiger partial charge >= 0.3 is 6.03 Å². The summed E-state index contributed by atoms with van der Waals surface area (Å²) >= 11 is 0. The molecule has 0 unspecified atom stereocenters. The fourth-order valence-electron chi connectivity index (χ4n) is 3.39. The van der Waals surface area contributed by atoms with Crippen LogP contribution in [0.5, 0.6) is 0 Å². The van der Waals surface area contributed by atoms with Gasteiger partial charge in [-0.05, 0) is 62.8 Å². The van der Waals surface area contributed by atoms with E-state index in [9.17, 15) is 9.18 Å². The molecule has 0 aliphatic carbocycles. The van der Waals surface area contributed by atoms with Gasteiger partial charge in [0.2, 0.25) is 0 Å². The van der Waals surface area contributed by atoms with Gasteiger partial charge in [-0.1, -0.05) is 24.3 Å². The summed E-state index contributed by atoms with van der Waals surface area (Å²) in [5.74, 6) is 5.85. The van der Waals surface area contributed by atoms with Gasteiger partial charge in [-0.15, -0.1) is 0 Å². The molecule has 27 heavy (non-hydrogen) atoms. The zero-order valence-electron chi connectivity index (χ0n) is 15.5. The first kappa shape index (κ1) is 19.1. The largest absolute Gasteiger partial charge is 0.397 e. The van der Waals surface area contributed by atoms with E-state index in [2.05, 4.69) is 11.9 Å². The molecular formula is C20H26FN5O. The Labute approximate surface area is 159 Å². The van der Waals surface area contributed by atoms with Gasteiger partial charge in [0.25, 0.3) is 0 Å². The summed E-state index contributed by atoms with van der Waals surface area (Å²) in [6.45, 7) is 2.19. The first-order valence-corrected chi connectivity index (χ1v) is 9.08. The second-order valence-electron chi connectivity index (χ2n) is 7.00. The second kappa shape index (κ2) is 8.37. The lowest BCUT2D eigenvalue weighted by atomic mass is 10.0. The SMILES string of the molecule is CN1CCC(N(Cc2ccc(F)cc2)C(=O)N(N)c2ccccc2N)CC1. The maximum absolute atomic E-state index is 13.2. The lowest BCUT2D eigenvalue weighted by molar-refractivity contribution is 0.131. The van der Waals surface area contributed by atoms with Crippen LogP contribution < -0.4 is 16.6 Å². The van der Waals surface area contributed by atoms with E-state index in [1.807, 2.05) is 0 Å². The van der Waals surface area contributed by atoms with E-state index in [4.69, 9.17) is 11.6 Å². The number of nitrogens with zero attached hydrogens (tertiary/aromatic N) is 3. The summed E-state index contributed by atoms with van der Waals surface area (Å²) in [6.07, 6.45) is 1.73. The van der Waals surface area contributed by atoms with Crippen molar-refractivity contribution < 1.29 is 9.18 Å². The lowest BCUT2D eigenvalue weighted by Gasteiger charge is -2.39. The Bertz CT molecular complexity index is 774. The normalized spacial score (nSPS) is 15.5. The van der Waals surface area contributed by atoms with Crippen LogP contribution in [0.1, 0.15) is 18.4 Å². The van der Waals surface area contributed by atoms with Crippen LogP contribution in [0, 0.1) is 5.82 Å². The molecule has 0 radical (unpaired) electrons. The molecule has 4 N–H and O–H groups in total. The molecule has 2 aromatic rings. The summed E-state index contributed by atoms with van der Waals surface area (Å²) in [5, 5.41) is 1.11. The van der Waals surface area contributed by atoms with Gasteiger partial charge in [-0.2, -0.15) is 0 Å². The summed E-state index contributed by atoms with van der Waals surface area (Å²) in [7, 11) is 2.07. The van der Waals surface area contributed by atoms with E-state index in [1.54, 1.807) is 41.3 Å². The summed E-state index contributed by atoms with van der Waals surface area (Å²) in [4.78, 5) is 17.2. The van der Waals surface area contributed by atoms with Crippen molar-refractivity contribution in [1.29, 1.82) is 0 Å².